The summed E-state index contributed by atoms with van der Waals surface area (Å²) < 4.78 is 92.5. The van der Waals surface area contributed by atoms with E-state index in [0.717, 1.165) is 36.4 Å². The molecular weight excluding hydrogens is 492 g/mol. The maximum atomic E-state index is 11.3. The lowest BCUT2D eigenvalue weighted by Crippen LogP contribution is -2.05. The summed E-state index contributed by atoms with van der Waals surface area (Å²) in [5.41, 5.74) is 10.2. The molecule has 32 heavy (non-hydrogen) atoms. The van der Waals surface area contributed by atoms with E-state index in [0.29, 0.717) is 0 Å². The molecule has 0 aliphatic heterocycles. The Kier molecular flexibility index (Phi) is 6.60. The minimum atomic E-state index is -4.75. The summed E-state index contributed by atoms with van der Waals surface area (Å²) in [7, 11) is -13.7. The van der Waals surface area contributed by atoms with Gasteiger partial charge in [-0.25, -0.2) is 0 Å². The molecule has 16 heteroatoms. The third-order valence-electron chi connectivity index (χ3n) is 3.92. The number of hydrogen-bond acceptors (Lipinski definition) is 10. The van der Waals surface area contributed by atoms with Crippen molar-refractivity contribution in [1.82, 2.24) is 0 Å². The number of anilines is 2. The van der Waals surface area contributed by atoms with Crippen LogP contribution in [-0.2, 0) is 30.4 Å². The molecule has 0 bridgehead atoms. The number of nitrogen functional groups attached to an aromatic ring is 2. The first-order chi connectivity index (χ1) is 14.4. The molecular formula is C16H16N2O11S3. The number of phenols is 2. The Balaban J connectivity index is 0.000000258. The lowest BCUT2D eigenvalue weighted by atomic mass is 10.1. The number of benzene rings is 3. The molecule has 3 aromatic rings. The van der Waals surface area contributed by atoms with Crippen LogP contribution in [0.2, 0.25) is 0 Å². The molecule has 174 valence electrons. The van der Waals surface area contributed by atoms with E-state index in [1.165, 1.54) is 6.07 Å². The standard InChI is InChI=1S/C10H9NO7S2.C6H7NO4S/c11-8-2-1-6-7(10(8)20(16,17)18)3-5(4-9(6)12)19(13,14)15;7-5-3-4(12(9,10)11)1-2-6(5)8/h1-4,12H,11H2,(H,13,14,15)(H,16,17,18);1-3,8H,7H2,(H,9,10,11). The molecule has 0 aliphatic carbocycles. The molecule has 0 heterocycles. The normalized spacial score (nSPS) is 12.2. The Labute approximate surface area is 181 Å². The van der Waals surface area contributed by atoms with Crippen LogP contribution in [0.4, 0.5) is 11.4 Å². The van der Waals surface area contributed by atoms with Crippen LogP contribution >= 0.6 is 0 Å². The molecule has 0 aromatic heterocycles. The van der Waals surface area contributed by atoms with Crippen molar-refractivity contribution in [3.63, 3.8) is 0 Å². The fraction of sp³-hybridized carbons (Fsp3) is 0. The predicted molar refractivity (Wildman–Crippen MR) is 112 cm³/mol. The Morgan fingerprint density at radius 1 is 0.562 bits per heavy atom. The van der Waals surface area contributed by atoms with Gasteiger partial charge in [0, 0.05) is 16.8 Å². The second-order valence-electron chi connectivity index (χ2n) is 6.17. The van der Waals surface area contributed by atoms with Crippen LogP contribution < -0.4 is 11.5 Å². The van der Waals surface area contributed by atoms with Gasteiger partial charge in [-0.2, -0.15) is 25.3 Å². The van der Waals surface area contributed by atoms with Crippen LogP contribution in [-0.4, -0.2) is 49.1 Å². The van der Waals surface area contributed by atoms with Gasteiger partial charge in [0.2, 0.25) is 0 Å². The van der Waals surface area contributed by atoms with Gasteiger partial charge in [-0.05, 0) is 36.4 Å². The van der Waals surface area contributed by atoms with Crippen molar-refractivity contribution in [2.75, 3.05) is 11.5 Å². The Bertz CT molecular complexity index is 1530. The maximum absolute atomic E-state index is 11.3. The fourth-order valence-electron chi connectivity index (χ4n) is 2.51. The second kappa shape index (κ2) is 8.41. The van der Waals surface area contributed by atoms with Gasteiger partial charge in [-0.15, -0.1) is 0 Å². The molecule has 0 fully saturated rings. The lowest BCUT2D eigenvalue weighted by molar-refractivity contribution is 0.470. The van der Waals surface area contributed by atoms with Gasteiger partial charge in [0.1, 0.15) is 16.4 Å². The quantitative estimate of drug-likeness (QED) is 0.147. The SMILES string of the molecule is Nc1cc(S(=O)(=O)O)ccc1O.Nc1ccc2c(O)cc(S(=O)(=O)O)cc2c1S(=O)(=O)O. The van der Waals surface area contributed by atoms with E-state index in [-0.39, 0.29) is 32.8 Å². The molecule has 0 saturated carbocycles. The van der Waals surface area contributed by atoms with Crippen molar-refractivity contribution in [1.29, 1.82) is 0 Å². The Morgan fingerprint density at radius 2 is 1.12 bits per heavy atom. The maximum Gasteiger partial charge on any atom is 0.297 e. The largest absolute Gasteiger partial charge is 0.507 e. The molecule has 3 aromatic carbocycles. The van der Waals surface area contributed by atoms with Crippen molar-refractivity contribution < 1.29 is 49.1 Å². The summed E-state index contributed by atoms with van der Waals surface area (Å²) in [6.45, 7) is 0. The average molecular weight is 509 g/mol. The zero-order valence-electron chi connectivity index (χ0n) is 15.6. The first-order valence-electron chi connectivity index (χ1n) is 7.99. The van der Waals surface area contributed by atoms with Crippen molar-refractivity contribution in [3.8, 4) is 11.5 Å². The van der Waals surface area contributed by atoms with E-state index in [2.05, 4.69) is 0 Å². The van der Waals surface area contributed by atoms with Gasteiger partial charge in [0.25, 0.3) is 30.4 Å². The van der Waals surface area contributed by atoms with Gasteiger partial charge >= 0.3 is 0 Å². The van der Waals surface area contributed by atoms with E-state index in [9.17, 15) is 30.4 Å². The van der Waals surface area contributed by atoms with Crippen LogP contribution in [0.3, 0.4) is 0 Å². The van der Waals surface area contributed by atoms with E-state index in [1.54, 1.807) is 0 Å². The monoisotopic (exact) mass is 508 g/mol. The number of aromatic hydroxyl groups is 2. The van der Waals surface area contributed by atoms with Crippen molar-refractivity contribution in [2.24, 2.45) is 0 Å². The zero-order valence-corrected chi connectivity index (χ0v) is 18.1. The molecule has 0 saturated heterocycles. The molecule has 0 atom stereocenters. The van der Waals surface area contributed by atoms with Gasteiger partial charge in [-0.1, -0.05) is 0 Å². The Hall–Kier alpha value is -3.15. The molecule has 0 spiro atoms. The van der Waals surface area contributed by atoms with E-state index in [1.807, 2.05) is 0 Å². The summed E-state index contributed by atoms with van der Waals surface area (Å²) in [4.78, 5) is -1.80. The molecule has 3 rings (SSSR count). The highest BCUT2D eigenvalue weighted by atomic mass is 32.2. The summed E-state index contributed by atoms with van der Waals surface area (Å²) in [6, 6.07) is 7.07. The minimum absolute atomic E-state index is 0.0424. The number of fused-ring (bicyclic) bond motifs is 1. The van der Waals surface area contributed by atoms with Crippen LogP contribution in [0.5, 0.6) is 11.5 Å². The number of phenolic OH excluding ortho intramolecular Hbond substituents is 2. The smallest absolute Gasteiger partial charge is 0.297 e. The predicted octanol–water partition coefficient (Wildman–Crippen LogP) is 0.842. The zero-order chi connectivity index (χ0) is 24.6. The summed E-state index contributed by atoms with van der Waals surface area (Å²) in [5.74, 6) is -0.803. The number of hydrogen-bond donors (Lipinski definition) is 7. The minimum Gasteiger partial charge on any atom is -0.507 e. The van der Waals surface area contributed by atoms with Gasteiger partial charge in [0.15, 0.2) is 0 Å². The fourth-order valence-corrected chi connectivity index (χ4v) is 4.37. The summed E-state index contributed by atoms with van der Waals surface area (Å²) >= 11 is 0. The second-order valence-corrected chi connectivity index (χ2v) is 10.4. The number of rotatable bonds is 3. The Morgan fingerprint density at radius 3 is 1.59 bits per heavy atom. The van der Waals surface area contributed by atoms with E-state index < -0.39 is 45.9 Å². The molecule has 0 radical (unpaired) electrons. The van der Waals surface area contributed by atoms with Gasteiger partial charge in [0.05, 0.1) is 21.2 Å². The van der Waals surface area contributed by atoms with Gasteiger partial charge < -0.3 is 21.7 Å². The van der Waals surface area contributed by atoms with E-state index in [4.69, 9.17) is 30.2 Å². The van der Waals surface area contributed by atoms with Gasteiger partial charge in [-0.3, -0.25) is 13.7 Å². The van der Waals surface area contributed by atoms with Crippen LogP contribution in [0.1, 0.15) is 0 Å². The van der Waals surface area contributed by atoms with Crippen LogP contribution in [0.15, 0.2) is 57.2 Å². The highest BCUT2D eigenvalue weighted by molar-refractivity contribution is 7.86. The average Bonchev–Trinajstić information content (AvgIpc) is 2.61. The molecule has 13 nitrogen and oxygen atoms in total. The first-order valence-corrected chi connectivity index (χ1v) is 12.3. The molecule has 0 unspecified atom stereocenters. The number of nitrogens with two attached hydrogens (primary N) is 2. The first kappa shape index (κ1) is 25.1. The van der Waals surface area contributed by atoms with Crippen LogP contribution in [0.25, 0.3) is 10.8 Å². The highest BCUT2D eigenvalue weighted by Crippen LogP contribution is 2.35. The van der Waals surface area contributed by atoms with E-state index >= 15 is 0 Å². The topological polar surface area (TPSA) is 256 Å². The van der Waals surface area contributed by atoms with Crippen molar-refractivity contribution >= 4 is 52.5 Å². The summed E-state index contributed by atoms with van der Waals surface area (Å²) in [5, 5.41) is 18.2. The van der Waals surface area contributed by atoms with Crippen molar-refractivity contribution in [3.05, 3.63) is 42.5 Å². The third kappa shape index (κ3) is 5.55. The molecule has 0 amide bonds. The lowest BCUT2D eigenvalue weighted by Gasteiger charge is -2.10. The van der Waals surface area contributed by atoms with Crippen molar-refractivity contribution in [2.45, 2.75) is 14.7 Å². The molecule has 9 N–H and O–H groups in total. The third-order valence-corrected chi connectivity index (χ3v) is 6.57. The van der Waals surface area contributed by atoms with Crippen LogP contribution in [0, 0.1) is 0 Å². The molecule has 0 aliphatic rings. The summed E-state index contributed by atoms with van der Waals surface area (Å²) in [6.07, 6.45) is 0. The highest BCUT2D eigenvalue weighted by Gasteiger charge is 2.22.